The van der Waals surface area contributed by atoms with Gasteiger partial charge < -0.3 is 19.6 Å². The molecule has 2 aromatic rings. The number of aromatic nitrogens is 4. The first-order valence-electron chi connectivity index (χ1n) is 11.5. The van der Waals surface area contributed by atoms with Crippen LogP contribution >= 0.6 is 0 Å². The monoisotopic (exact) mass is 550 g/mol. The second kappa shape index (κ2) is 10.7. The molecule has 17 heteroatoms. The highest BCUT2D eigenvalue weighted by Crippen LogP contribution is 2.36. The summed E-state index contributed by atoms with van der Waals surface area (Å²) in [6, 6.07) is -0.653. The molecule has 4 rings (SSSR count). The maximum absolute atomic E-state index is 13.4. The maximum Gasteiger partial charge on any atom is 0.435 e. The second-order valence-corrected chi connectivity index (χ2v) is 8.68. The van der Waals surface area contributed by atoms with Crippen LogP contribution in [0.25, 0.3) is 0 Å². The zero-order valence-corrected chi connectivity index (χ0v) is 20.0. The van der Waals surface area contributed by atoms with Crippen LogP contribution < -0.4 is 10.3 Å². The zero-order valence-electron chi connectivity index (χ0n) is 20.0. The molecular formula is C21H24F6N8O3. The van der Waals surface area contributed by atoms with Crippen LogP contribution in [0.1, 0.15) is 48.3 Å². The maximum atomic E-state index is 13.4. The van der Waals surface area contributed by atoms with Gasteiger partial charge in [0.1, 0.15) is 5.82 Å². The molecule has 4 heterocycles. The standard InChI is InChI=1S/C21H24F6N8O3/c1-12(35-13-8-30-31-19(37)17(13)18(32-35)21(25,26)27)11-38-7-2-16(36)34-5-3-33(4-6-34)15-10-28-14(9-29-15)20(22,23)24/h8-10,12,19,31,37H,2-7,11H2,1H3. The van der Waals surface area contributed by atoms with Crippen LogP contribution in [0.5, 0.6) is 0 Å². The van der Waals surface area contributed by atoms with Gasteiger partial charge in [-0.15, -0.1) is 0 Å². The summed E-state index contributed by atoms with van der Waals surface area (Å²) in [5.74, 6) is 0.0817. The van der Waals surface area contributed by atoms with E-state index in [2.05, 4.69) is 25.6 Å². The molecule has 1 amide bonds. The van der Waals surface area contributed by atoms with Crippen LogP contribution in [0.2, 0.25) is 0 Å². The number of alkyl halides is 6. The van der Waals surface area contributed by atoms with Gasteiger partial charge in [-0.2, -0.15) is 36.5 Å². The summed E-state index contributed by atoms with van der Waals surface area (Å²) >= 11 is 0. The van der Waals surface area contributed by atoms with Crippen LogP contribution in [0.15, 0.2) is 17.5 Å². The average Bonchev–Trinajstić information content (AvgIpc) is 3.28. The van der Waals surface area contributed by atoms with Crippen molar-refractivity contribution >= 4 is 17.9 Å². The Hall–Kier alpha value is -3.47. The molecule has 0 radical (unpaired) electrons. The van der Waals surface area contributed by atoms with Crippen molar-refractivity contribution < 1.29 is 41.0 Å². The molecule has 0 aliphatic carbocycles. The number of fused-ring (bicyclic) bond motifs is 1. The number of carbonyl (C=O) groups excluding carboxylic acids is 1. The van der Waals surface area contributed by atoms with Gasteiger partial charge in [-0.25, -0.2) is 9.97 Å². The lowest BCUT2D eigenvalue weighted by molar-refractivity contribution is -0.143. The van der Waals surface area contributed by atoms with Crippen LogP contribution in [-0.2, 0) is 21.9 Å². The Morgan fingerprint density at radius 3 is 2.45 bits per heavy atom. The molecule has 11 nitrogen and oxygen atoms in total. The van der Waals surface area contributed by atoms with Gasteiger partial charge in [0.25, 0.3) is 0 Å². The molecule has 208 valence electrons. The lowest BCUT2D eigenvalue weighted by Crippen LogP contribution is -2.49. The second-order valence-electron chi connectivity index (χ2n) is 8.68. The Morgan fingerprint density at radius 1 is 1.13 bits per heavy atom. The van der Waals surface area contributed by atoms with Crippen LogP contribution in [0, 0.1) is 0 Å². The van der Waals surface area contributed by atoms with Crippen molar-refractivity contribution in [3.8, 4) is 0 Å². The molecule has 2 atom stereocenters. The van der Waals surface area contributed by atoms with Gasteiger partial charge in [0.2, 0.25) is 5.91 Å². The summed E-state index contributed by atoms with van der Waals surface area (Å²) in [7, 11) is 0. The third-order valence-corrected chi connectivity index (χ3v) is 6.03. The number of carbonyl (C=O) groups is 1. The number of hydrazone groups is 1. The minimum Gasteiger partial charge on any atom is -0.379 e. The number of nitrogens with one attached hydrogen (secondary N) is 1. The number of hydrogen-bond donors (Lipinski definition) is 2. The molecule has 2 unspecified atom stereocenters. The average molecular weight is 550 g/mol. The number of aliphatic hydroxyl groups excluding tert-OH is 1. The van der Waals surface area contributed by atoms with Gasteiger partial charge in [0.05, 0.1) is 55.5 Å². The Bertz CT molecular complexity index is 1160. The minimum absolute atomic E-state index is 0.00589. The molecule has 2 aliphatic heterocycles. The predicted molar refractivity (Wildman–Crippen MR) is 119 cm³/mol. The normalized spacial score (nSPS) is 18.8. The Labute approximate surface area is 212 Å². The number of anilines is 1. The van der Waals surface area contributed by atoms with E-state index < -0.39 is 41.6 Å². The Morgan fingerprint density at radius 2 is 1.84 bits per heavy atom. The molecule has 2 N–H and O–H groups in total. The molecular weight excluding hydrogens is 526 g/mol. The number of piperazine rings is 1. The van der Waals surface area contributed by atoms with Gasteiger partial charge >= 0.3 is 12.4 Å². The predicted octanol–water partition coefficient (Wildman–Crippen LogP) is 1.96. The molecule has 0 aromatic carbocycles. The van der Waals surface area contributed by atoms with Gasteiger partial charge in [-0.1, -0.05) is 0 Å². The Kier molecular flexibility index (Phi) is 7.78. The first kappa shape index (κ1) is 27.6. The number of aliphatic hydroxyl groups is 1. The number of ether oxygens (including phenoxy) is 1. The highest BCUT2D eigenvalue weighted by molar-refractivity contribution is 5.81. The summed E-state index contributed by atoms with van der Waals surface area (Å²) in [5, 5.41) is 17.2. The van der Waals surface area contributed by atoms with Crippen molar-refractivity contribution in [2.75, 3.05) is 44.3 Å². The minimum atomic E-state index is -4.78. The summed E-state index contributed by atoms with van der Waals surface area (Å²) in [5.41, 5.74) is -0.552. The van der Waals surface area contributed by atoms with E-state index in [9.17, 15) is 36.2 Å². The molecule has 1 fully saturated rings. The number of hydrogen-bond acceptors (Lipinski definition) is 9. The van der Waals surface area contributed by atoms with Crippen molar-refractivity contribution in [1.29, 1.82) is 0 Å². The Balaban J connectivity index is 1.24. The number of nitrogens with zero attached hydrogens (tertiary/aromatic N) is 7. The molecule has 1 saturated heterocycles. The summed E-state index contributed by atoms with van der Waals surface area (Å²) < 4.78 is 84.7. The number of rotatable bonds is 7. The lowest BCUT2D eigenvalue weighted by Gasteiger charge is -2.35. The van der Waals surface area contributed by atoms with Gasteiger partial charge in [0.15, 0.2) is 17.6 Å². The van der Waals surface area contributed by atoms with E-state index in [4.69, 9.17) is 4.74 Å². The lowest BCUT2D eigenvalue weighted by atomic mass is 10.1. The van der Waals surface area contributed by atoms with Crippen molar-refractivity contribution in [2.24, 2.45) is 5.10 Å². The fourth-order valence-corrected chi connectivity index (χ4v) is 4.10. The van der Waals surface area contributed by atoms with Crippen molar-refractivity contribution in [3.05, 3.63) is 35.0 Å². The van der Waals surface area contributed by atoms with Crippen molar-refractivity contribution in [3.63, 3.8) is 0 Å². The third-order valence-electron chi connectivity index (χ3n) is 6.03. The SMILES string of the molecule is CC(COCCC(=O)N1CCN(c2cnc(C(F)(F)F)cn2)CC1)n1nc(C(F)(F)F)c2c1C=NNC2O. The quantitative estimate of drug-likeness (QED) is 0.397. The molecule has 38 heavy (non-hydrogen) atoms. The zero-order chi connectivity index (χ0) is 27.7. The fraction of sp³-hybridized carbons (Fsp3) is 0.571. The summed E-state index contributed by atoms with van der Waals surface area (Å²) in [6.45, 7) is 2.93. The van der Waals surface area contributed by atoms with E-state index in [1.54, 1.807) is 16.7 Å². The van der Waals surface area contributed by atoms with Gasteiger partial charge in [0, 0.05) is 26.2 Å². The van der Waals surface area contributed by atoms with Crippen LogP contribution in [0.4, 0.5) is 32.2 Å². The van der Waals surface area contributed by atoms with E-state index in [0.29, 0.717) is 32.4 Å². The highest BCUT2D eigenvalue weighted by Gasteiger charge is 2.42. The van der Waals surface area contributed by atoms with E-state index >= 15 is 0 Å². The van der Waals surface area contributed by atoms with E-state index in [-0.39, 0.29) is 37.1 Å². The smallest absolute Gasteiger partial charge is 0.379 e. The third kappa shape index (κ3) is 5.98. The van der Waals surface area contributed by atoms with Crippen molar-refractivity contribution in [2.45, 2.75) is 38.0 Å². The fourth-order valence-electron chi connectivity index (χ4n) is 4.10. The van der Waals surface area contributed by atoms with Crippen LogP contribution in [0.3, 0.4) is 0 Å². The molecule has 2 aromatic heterocycles. The molecule has 0 spiro atoms. The first-order chi connectivity index (χ1) is 17.9. The largest absolute Gasteiger partial charge is 0.435 e. The molecule has 0 saturated carbocycles. The highest BCUT2D eigenvalue weighted by atomic mass is 19.4. The summed E-state index contributed by atoms with van der Waals surface area (Å²) in [6.07, 6.45) is -8.12. The summed E-state index contributed by atoms with van der Waals surface area (Å²) in [4.78, 5) is 23.1. The topological polar surface area (TPSA) is 121 Å². The first-order valence-corrected chi connectivity index (χ1v) is 11.5. The number of halogens is 6. The van der Waals surface area contributed by atoms with Gasteiger partial charge in [-0.05, 0) is 6.92 Å². The number of amides is 1. The molecule has 2 aliphatic rings. The van der Waals surface area contributed by atoms with E-state index in [0.717, 1.165) is 17.1 Å². The van der Waals surface area contributed by atoms with Crippen LogP contribution in [-0.4, -0.2) is 81.3 Å². The van der Waals surface area contributed by atoms with E-state index in [1.165, 1.54) is 0 Å². The van der Waals surface area contributed by atoms with Crippen molar-refractivity contribution in [1.82, 2.24) is 30.1 Å². The van der Waals surface area contributed by atoms with Gasteiger partial charge in [-0.3, -0.25) is 14.9 Å². The van der Waals surface area contributed by atoms with E-state index in [1.807, 2.05) is 0 Å². The molecule has 0 bridgehead atoms.